The molecule has 0 saturated heterocycles. The number of amides is 2. The van der Waals surface area contributed by atoms with Crippen LogP contribution in [0.5, 0.6) is 0 Å². The van der Waals surface area contributed by atoms with Crippen LogP contribution in [0.2, 0.25) is 0 Å². The van der Waals surface area contributed by atoms with Crippen molar-refractivity contribution in [2.45, 2.75) is 38.5 Å². The number of hydrogen-bond acceptors (Lipinski definition) is 8. The highest BCUT2D eigenvalue weighted by Crippen LogP contribution is 2.12. The van der Waals surface area contributed by atoms with Crippen molar-refractivity contribution >= 4 is 21.7 Å². The monoisotopic (exact) mass is 530 g/mol. The molecule has 1 aromatic rings. The first kappa shape index (κ1) is 32.0. The Bertz CT molecular complexity index is 844. The van der Waals surface area contributed by atoms with Gasteiger partial charge in [-0.05, 0) is 25.0 Å². The molecule has 0 aliphatic carbocycles. The summed E-state index contributed by atoms with van der Waals surface area (Å²) >= 11 is 0. The molecule has 10 nitrogen and oxygen atoms in total. The van der Waals surface area contributed by atoms with Gasteiger partial charge in [-0.15, -0.1) is 0 Å². The summed E-state index contributed by atoms with van der Waals surface area (Å²) in [6.45, 7) is 10.1. The molecule has 0 aliphatic heterocycles. The van der Waals surface area contributed by atoms with Gasteiger partial charge in [-0.3, -0.25) is 9.59 Å². The number of benzene rings is 1. The average Bonchev–Trinajstić information content (AvgIpc) is 2.84. The highest BCUT2D eigenvalue weighted by Gasteiger charge is 2.16. The number of sulfone groups is 1. The van der Waals surface area contributed by atoms with E-state index in [1.807, 2.05) is 20.8 Å². The van der Waals surface area contributed by atoms with E-state index in [1.165, 1.54) is 0 Å². The molecule has 0 atom stereocenters. The highest BCUT2D eigenvalue weighted by molar-refractivity contribution is 7.91. The first-order valence-electron chi connectivity index (χ1n) is 12.3. The second kappa shape index (κ2) is 19.1. The summed E-state index contributed by atoms with van der Waals surface area (Å²) in [6.07, 6.45) is 0.243. The lowest BCUT2D eigenvalue weighted by atomic mass is 10.2. The molecule has 0 spiro atoms. The fourth-order valence-electron chi connectivity index (χ4n) is 2.77. The van der Waals surface area contributed by atoms with Gasteiger partial charge in [0.05, 0.1) is 63.5 Å². The maximum absolute atomic E-state index is 12.3. The SMILES string of the molecule is Cc1ccc(S(=O)(=O)CCC(=O)NCCOCCOCCOCCOCCC(=O)NCC(C)C)cc1. The number of rotatable bonds is 21. The Morgan fingerprint density at radius 1 is 0.750 bits per heavy atom. The number of carbonyl (C=O) groups is 2. The van der Waals surface area contributed by atoms with E-state index in [-0.39, 0.29) is 28.9 Å². The first-order valence-corrected chi connectivity index (χ1v) is 14.0. The van der Waals surface area contributed by atoms with Crippen LogP contribution in [0, 0.1) is 12.8 Å². The van der Waals surface area contributed by atoms with Crippen LogP contribution in [-0.2, 0) is 38.4 Å². The Hall–Kier alpha value is -2.05. The molecule has 2 amide bonds. The van der Waals surface area contributed by atoms with Crippen LogP contribution < -0.4 is 10.6 Å². The van der Waals surface area contributed by atoms with Crippen molar-refractivity contribution in [2.24, 2.45) is 5.92 Å². The Balaban J connectivity index is 1.88. The normalized spacial score (nSPS) is 11.6. The second-order valence-electron chi connectivity index (χ2n) is 8.63. The van der Waals surface area contributed by atoms with Crippen LogP contribution in [0.25, 0.3) is 0 Å². The lowest BCUT2D eigenvalue weighted by molar-refractivity contribution is -0.122. The number of hydrogen-bond donors (Lipinski definition) is 2. The molecule has 0 radical (unpaired) electrons. The number of carbonyl (C=O) groups excluding carboxylic acids is 2. The molecule has 0 unspecified atom stereocenters. The topological polar surface area (TPSA) is 129 Å². The van der Waals surface area contributed by atoms with Gasteiger partial charge in [0.25, 0.3) is 0 Å². The van der Waals surface area contributed by atoms with Gasteiger partial charge in [-0.25, -0.2) is 8.42 Å². The van der Waals surface area contributed by atoms with Gasteiger partial charge >= 0.3 is 0 Å². The van der Waals surface area contributed by atoms with Gasteiger partial charge in [0, 0.05) is 25.9 Å². The third-order valence-corrected chi connectivity index (χ3v) is 6.58. The van der Waals surface area contributed by atoms with E-state index < -0.39 is 9.84 Å². The molecule has 1 rings (SSSR count). The molecular formula is C25H42N2O8S. The van der Waals surface area contributed by atoms with Crippen molar-refractivity contribution in [2.75, 3.05) is 71.7 Å². The van der Waals surface area contributed by atoms with E-state index in [4.69, 9.17) is 18.9 Å². The molecule has 1 aromatic carbocycles. The molecule has 0 heterocycles. The molecule has 206 valence electrons. The molecule has 0 bridgehead atoms. The number of aryl methyl sites for hydroxylation is 1. The summed E-state index contributed by atoms with van der Waals surface area (Å²) in [5.41, 5.74) is 0.975. The van der Waals surface area contributed by atoms with Crippen LogP contribution in [-0.4, -0.2) is 91.9 Å². The van der Waals surface area contributed by atoms with Crippen LogP contribution >= 0.6 is 0 Å². The summed E-state index contributed by atoms with van der Waals surface area (Å²) in [6, 6.07) is 6.58. The Labute approximate surface area is 215 Å². The smallest absolute Gasteiger partial charge is 0.222 e. The molecule has 0 aromatic heterocycles. The van der Waals surface area contributed by atoms with Gasteiger partial charge in [-0.2, -0.15) is 0 Å². The van der Waals surface area contributed by atoms with Crippen LogP contribution in [0.4, 0.5) is 0 Å². The van der Waals surface area contributed by atoms with Crippen LogP contribution in [0.15, 0.2) is 29.2 Å². The Morgan fingerprint density at radius 2 is 1.25 bits per heavy atom. The Kier molecular flexibility index (Phi) is 17.0. The van der Waals surface area contributed by atoms with Crippen molar-refractivity contribution in [1.82, 2.24) is 10.6 Å². The average molecular weight is 531 g/mol. The van der Waals surface area contributed by atoms with Crippen molar-refractivity contribution in [3.63, 3.8) is 0 Å². The van der Waals surface area contributed by atoms with Crippen LogP contribution in [0.3, 0.4) is 0 Å². The number of ether oxygens (including phenoxy) is 4. The maximum Gasteiger partial charge on any atom is 0.222 e. The van der Waals surface area contributed by atoms with Crippen molar-refractivity contribution in [3.05, 3.63) is 29.8 Å². The predicted octanol–water partition coefficient (Wildman–Crippen LogP) is 1.50. The first-order chi connectivity index (χ1) is 17.2. The largest absolute Gasteiger partial charge is 0.379 e. The van der Waals surface area contributed by atoms with E-state index in [0.29, 0.717) is 78.3 Å². The summed E-state index contributed by atoms with van der Waals surface area (Å²) < 4.78 is 46.0. The second-order valence-corrected chi connectivity index (χ2v) is 10.7. The summed E-state index contributed by atoms with van der Waals surface area (Å²) in [5.74, 6) is -0.145. The third kappa shape index (κ3) is 16.6. The van der Waals surface area contributed by atoms with Crippen molar-refractivity contribution in [3.8, 4) is 0 Å². The molecule has 0 fully saturated rings. The van der Waals surface area contributed by atoms with Crippen LogP contribution in [0.1, 0.15) is 32.3 Å². The highest BCUT2D eigenvalue weighted by atomic mass is 32.2. The fourth-order valence-corrected chi connectivity index (χ4v) is 4.02. The zero-order valence-electron chi connectivity index (χ0n) is 21.8. The van der Waals surface area contributed by atoms with E-state index in [9.17, 15) is 18.0 Å². The zero-order chi connectivity index (χ0) is 26.7. The molecule has 0 aliphatic rings. The lowest BCUT2D eigenvalue weighted by Gasteiger charge is -2.09. The minimum Gasteiger partial charge on any atom is -0.379 e. The standard InChI is InChI=1S/C25H42N2O8S/c1-21(2)20-27-24(28)8-11-32-13-15-34-17-18-35-16-14-33-12-10-26-25(29)9-19-36(30,31)23-6-4-22(3)5-7-23/h4-7,21H,8-20H2,1-3H3,(H,26,29)(H,27,28). The van der Waals surface area contributed by atoms with Crippen molar-refractivity contribution < 1.29 is 37.0 Å². The summed E-state index contributed by atoms with van der Waals surface area (Å²) in [7, 11) is -3.48. The summed E-state index contributed by atoms with van der Waals surface area (Å²) in [5, 5.41) is 5.48. The quantitative estimate of drug-likeness (QED) is 0.229. The summed E-state index contributed by atoms with van der Waals surface area (Å²) in [4.78, 5) is 23.6. The van der Waals surface area contributed by atoms with E-state index in [1.54, 1.807) is 24.3 Å². The minimum absolute atomic E-state index is 0.00745. The fraction of sp³-hybridized carbons (Fsp3) is 0.680. The van der Waals surface area contributed by atoms with Gasteiger partial charge in [0.1, 0.15) is 0 Å². The molecule has 11 heteroatoms. The molecule has 36 heavy (non-hydrogen) atoms. The number of nitrogens with one attached hydrogen (secondary N) is 2. The Morgan fingerprint density at radius 3 is 1.81 bits per heavy atom. The van der Waals surface area contributed by atoms with E-state index in [2.05, 4.69) is 10.6 Å². The van der Waals surface area contributed by atoms with Gasteiger partial charge in [0.2, 0.25) is 11.8 Å². The lowest BCUT2D eigenvalue weighted by Crippen LogP contribution is -2.29. The van der Waals surface area contributed by atoms with Gasteiger partial charge < -0.3 is 29.6 Å². The van der Waals surface area contributed by atoms with Gasteiger partial charge in [0.15, 0.2) is 9.84 Å². The van der Waals surface area contributed by atoms with E-state index >= 15 is 0 Å². The predicted molar refractivity (Wildman–Crippen MR) is 137 cm³/mol. The molecule has 2 N–H and O–H groups in total. The van der Waals surface area contributed by atoms with Crippen molar-refractivity contribution in [1.29, 1.82) is 0 Å². The third-order valence-electron chi connectivity index (χ3n) is 4.84. The minimum atomic E-state index is -3.48. The zero-order valence-corrected chi connectivity index (χ0v) is 22.6. The maximum atomic E-state index is 12.3. The molecular weight excluding hydrogens is 488 g/mol. The van der Waals surface area contributed by atoms with E-state index in [0.717, 1.165) is 5.56 Å². The van der Waals surface area contributed by atoms with Gasteiger partial charge in [-0.1, -0.05) is 31.5 Å². The molecule has 0 saturated carbocycles.